The molecule has 1 unspecified atom stereocenters. The van der Waals surface area contributed by atoms with Gasteiger partial charge in [0.2, 0.25) is 0 Å². The van der Waals surface area contributed by atoms with Crippen molar-refractivity contribution in [1.29, 1.82) is 0 Å². The zero-order valence-corrected chi connectivity index (χ0v) is 10.4. The predicted molar refractivity (Wildman–Crippen MR) is 68.7 cm³/mol. The molecule has 0 saturated heterocycles. The molecule has 0 aliphatic carbocycles. The molecular weight excluding hydrogens is 198 g/mol. The molecular formula is C14H23NO. The predicted octanol–water partition coefficient (Wildman–Crippen LogP) is 3.67. The summed E-state index contributed by atoms with van der Waals surface area (Å²) < 4.78 is 5.69. The van der Waals surface area contributed by atoms with Crippen LogP contribution in [0.1, 0.15) is 51.1 Å². The van der Waals surface area contributed by atoms with E-state index in [0.717, 1.165) is 24.3 Å². The van der Waals surface area contributed by atoms with Gasteiger partial charge in [-0.3, -0.25) is 0 Å². The first kappa shape index (κ1) is 13.0. The van der Waals surface area contributed by atoms with Gasteiger partial charge in [-0.05, 0) is 31.0 Å². The van der Waals surface area contributed by atoms with Crippen LogP contribution in [0.2, 0.25) is 0 Å². The molecule has 0 amide bonds. The van der Waals surface area contributed by atoms with Crippen molar-refractivity contribution in [3.8, 4) is 5.75 Å². The molecule has 0 bridgehead atoms. The molecule has 0 aliphatic heterocycles. The Morgan fingerprint density at radius 1 is 1.25 bits per heavy atom. The molecule has 1 aromatic carbocycles. The fourth-order valence-corrected chi connectivity index (χ4v) is 1.61. The number of unbranched alkanes of at least 4 members (excludes halogenated alkanes) is 3. The van der Waals surface area contributed by atoms with Crippen LogP contribution in [0.15, 0.2) is 24.3 Å². The van der Waals surface area contributed by atoms with Crippen molar-refractivity contribution in [3.63, 3.8) is 0 Å². The zero-order chi connectivity index (χ0) is 11.8. The van der Waals surface area contributed by atoms with E-state index in [1.807, 2.05) is 31.2 Å². The van der Waals surface area contributed by atoms with E-state index >= 15 is 0 Å². The van der Waals surface area contributed by atoms with E-state index in [9.17, 15) is 0 Å². The van der Waals surface area contributed by atoms with Crippen molar-refractivity contribution < 1.29 is 4.74 Å². The Labute approximate surface area is 98.8 Å². The van der Waals surface area contributed by atoms with Crippen molar-refractivity contribution in [1.82, 2.24) is 0 Å². The van der Waals surface area contributed by atoms with Crippen molar-refractivity contribution in [2.45, 2.75) is 45.6 Å². The third kappa shape index (κ3) is 4.67. The van der Waals surface area contributed by atoms with E-state index < -0.39 is 0 Å². The first-order chi connectivity index (χ1) is 7.74. The fourth-order valence-electron chi connectivity index (χ4n) is 1.61. The number of rotatable bonds is 7. The summed E-state index contributed by atoms with van der Waals surface area (Å²) in [5.41, 5.74) is 6.95. The average Bonchev–Trinajstić information content (AvgIpc) is 2.29. The molecule has 2 N–H and O–H groups in total. The normalized spacial score (nSPS) is 12.4. The minimum atomic E-state index is 0.0728. The van der Waals surface area contributed by atoms with Gasteiger partial charge in [-0.1, -0.05) is 38.3 Å². The maximum absolute atomic E-state index is 5.82. The maximum atomic E-state index is 5.82. The highest BCUT2D eigenvalue weighted by atomic mass is 16.5. The smallest absolute Gasteiger partial charge is 0.119 e. The summed E-state index contributed by atoms with van der Waals surface area (Å²) >= 11 is 0. The largest absolute Gasteiger partial charge is 0.494 e. The molecule has 0 spiro atoms. The van der Waals surface area contributed by atoms with Gasteiger partial charge < -0.3 is 10.5 Å². The highest BCUT2D eigenvalue weighted by molar-refractivity contribution is 5.30. The SMILES string of the molecule is CCCCCCOc1cccc(C(C)N)c1. The van der Waals surface area contributed by atoms with E-state index in [-0.39, 0.29) is 6.04 Å². The van der Waals surface area contributed by atoms with E-state index in [2.05, 4.69) is 6.92 Å². The Hall–Kier alpha value is -1.02. The monoisotopic (exact) mass is 221 g/mol. The molecule has 1 rings (SSSR count). The lowest BCUT2D eigenvalue weighted by molar-refractivity contribution is 0.304. The Balaban J connectivity index is 2.33. The van der Waals surface area contributed by atoms with Gasteiger partial charge >= 0.3 is 0 Å². The molecule has 0 heterocycles. The first-order valence-electron chi connectivity index (χ1n) is 6.22. The zero-order valence-electron chi connectivity index (χ0n) is 10.4. The lowest BCUT2D eigenvalue weighted by Gasteiger charge is -2.09. The van der Waals surface area contributed by atoms with Gasteiger partial charge in [0.1, 0.15) is 5.75 Å². The number of ether oxygens (including phenoxy) is 1. The molecule has 16 heavy (non-hydrogen) atoms. The number of hydrogen-bond donors (Lipinski definition) is 1. The van der Waals surface area contributed by atoms with Crippen LogP contribution in [0.5, 0.6) is 5.75 Å². The minimum absolute atomic E-state index is 0.0728. The third-order valence-electron chi connectivity index (χ3n) is 2.65. The van der Waals surface area contributed by atoms with Gasteiger partial charge in [0.15, 0.2) is 0 Å². The molecule has 0 radical (unpaired) electrons. The van der Waals surface area contributed by atoms with Crippen LogP contribution in [0.3, 0.4) is 0 Å². The lowest BCUT2D eigenvalue weighted by atomic mass is 10.1. The second-order valence-electron chi connectivity index (χ2n) is 4.27. The minimum Gasteiger partial charge on any atom is -0.494 e. The Bertz CT molecular complexity index is 297. The van der Waals surface area contributed by atoms with E-state index in [4.69, 9.17) is 10.5 Å². The third-order valence-corrected chi connectivity index (χ3v) is 2.65. The van der Waals surface area contributed by atoms with Crippen molar-refractivity contribution in [2.24, 2.45) is 5.73 Å². The molecule has 0 aliphatic rings. The molecule has 90 valence electrons. The summed E-state index contributed by atoms with van der Waals surface area (Å²) in [5.74, 6) is 0.936. The van der Waals surface area contributed by atoms with Gasteiger partial charge in [0.25, 0.3) is 0 Å². The summed E-state index contributed by atoms with van der Waals surface area (Å²) in [6, 6.07) is 8.13. The van der Waals surface area contributed by atoms with Gasteiger partial charge in [-0.15, -0.1) is 0 Å². The van der Waals surface area contributed by atoms with Crippen molar-refractivity contribution in [3.05, 3.63) is 29.8 Å². The Morgan fingerprint density at radius 3 is 2.75 bits per heavy atom. The van der Waals surface area contributed by atoms with Crippen LogP contribution in [-0.4, -0.2) is 6.61 Å². The molecule has 1 atom stereocenters. The maximum Gasteiger partial charge on any atom is 0.119 e. The van der Waals surface area contributed by atoms with Crippen LogP contribution >= 0.6 is 0 Å². The van der Waals surface area contributed by atoms with Gasteiger partial charge in [0, 0.05) is 6.04 Å². The van der Waals surface area contributed by atoms with Crippen LogP contribution < -0.4 is 10.5 Å². The molecule has 2 nitrogen and oxygen atoms in total. The highest BCUT2D eigenvalue weighted by Gasteiger charge is 2.00. The first-order valence-corrected chi connectivity index (χ1v) is 6.22. The van der Waals surface area contributed by atoms with E-state index in [1.165, 1.54) is 19.3 Å². The van der Waals surface area contributed by atoms with Crippen LogP contribution in [0.4, 0.5) is 0 Å². The quantitative estimate of drug-likeness (QED) is 0.713. The Morgan fingerprint density at radius 2 is 2.06 bits per heavy atom. The molecule has 0 aromatic heterocycles. The van der Waals surface area contributed by atoms with Crippen molar-refractivity contribution >= 4 is 0 Å². The van der Waals surface area contributed by atoms with Crippen LogP contribution in [0, 0.1) is 0 Å². The van der Waals surface area contributed by atoms with Gasteiger partial charge in [-0.2, -0.15) is 0 Å². The summed E-state index contributed by atoms with van der Waals surface area (Å²) in [7, 11) is 0. The number of benzene rings is 1. The van der Waals surface area contributed by atoms with E-state index in [1.54, 1.807) is 0 Å². The highest BCUT2D eigenvalue weighted by Crippen LogP contribution is 2.17. The standard InChI is InChI=1S/C14H23NO/c1-3-4-5-6-10-16-14-9-7-8-13(11-14)12(2)15/h7-9,11-12H,3-6,10,15H2,1-2H3. The van der Waals surface area contributed by atoms with Gasteiger partial charge in [-0.25, -0.2) is 0 Å². The molecule has 1 aromatic rings. The average molecular weight is 221 g/mol. The topological polar surface area (TPSA) is 35.2 Å². The molecule has 0 saturated carbocycles. The van der Waals surface area contributed by atoms with Crippen molar-refractivity contribution in [2.75, 3.05) is 6.61 Å². The summed E-state index contributed by atoms with van der Waals surface area (Å²) in [4.78, 5) is 0. The lowest BCUT2D eigenvalue weighted by Crippen LogP contribution is -2.05. The van der Waals surface area contributed by atoms with Crippen LogP contribution in [-0.2, 0) is 0 Å². The van der Waals surface area contributed by atoms with Gasteiger partial charge in [0.05, 0.1) is 6.61 Å². The summed E-state index contributed by atoms with van der Waals surface area (Å²) in [6.45, 7) is 5.01. The molecule has 0 fully saturated rings. The second-order valence-corrected chi connectivity index (χ2v) is 4.27. The number of nitrogens with two attached hydrogens (primary N) is 1. The summed E-state index contributed by atoms with van der Waals surface area (Å²) in [6.07, 6.45) is 4.95. The van der Waals surface area contributed by atoms with E-state index in [0.29, 0.717) is 0 Å². The Kier molecular flexibility index (Phi) is 5.94. The number of hydrogen-bond acceptors (Lipinski definition) is 2. The van der Waals surface area contributed by atoms with Crippen LogP contribution in [0.25, 0.3) is 0 Å². The fraction of sp³-hybridized carbons (Fsp3) is 0.571. The molecule has 2 heteroatoms. The second kappa shape index (κ2) is 7.29. The summed E-state index contributed by atoms with van der Waals surface area (Å²) in [5, 5.41) is 0.